The first-order valence-corrected chi connectivity index (χ1v) is 6.48. The van der Waals surface area contributed by atoms with Gasteiger partial charge in [0.2, 0.25) is 0 Å². The summed E-state index contributed by atoms with van der Waals surface area (Å²) in [6, 6.07) is 0. The minimum atomic E-state index is 0. The normalized spacial score (nSPS) is 12.3. The second-order valence-electron chi connectivity index (χ2n) is 3.76. The highest BCUT2D eigenvalue weighted by Gasteiger charge is 1.97. The molecule has 0 aromatic carbocycles. The number of aliphatic imine (C=N–C) groups is 2. The summed E-state index contributed by atoms with van der Waals surface area (Å²) in [6.07, 6.45) is 2.00. The zero-order valence-corrected chi connectivity index (χ0v) is 12.7. The first-order valence-electron chi connectivity index (χ1n) is 6.48. The summed E-state index contributed by atoms with van der Waals surface area (Å²) in [5.74, 6) is 0.538. The second kappa shape index (κ2) is 15.2. The summed E-state index contributed by atoms with van der Waals surface area (Å²) < 4.78 is 10.6. The van der Waals surface area contributed by atoms with E-state index in [-0.39, 0.29) is 24.1 Å². The molecule has 0 fully saturated rings. The molecule has 0 radical (unpaired) electrons. The molecule has 19 heavy (non-hydrogen) atoms. The lowest BCUT2D eigenvalue weighted by molar-refractivity contribution is 0.142. The van der Waals surface area contributed by atoms with Crippen LogP contribution in [-0.4, -0.2) is 51.2 Å². The Kier molecular flexibility index (Phi) is 16.4. The molecule has 0 amide bonds. The summed E-state index contributed by atoms with van der Waals surface area (Å²) in [5, 5.41) is 0. The van der Waals surface area contributed by atoms with Gasteiger partial charge in [-0.15, -0.1) is 12.4 Å². The molecule has 0 atom stereocenters. The maximum Gasteiger partial charge on any atom is 0.161 e. The number of halogens is 1. The van der Waals surface area contributed by atoms with Crippen molar-refractivity contribution in [2.75, 3.05) is 39.5 Å². The van der Waals surface area contributed by atoms with Crippen LogP contribution in [0.4, 0.5) is 0 Å². The van der Waals surface area contributed by atoms with E-state index in [1.807, 2.05) is 0 Å². The van der Waals surface area contributed by atoms with Crippen molar-refractivity contribution in [1.82, 2.24) is 0 Å². The van der Waals surface area contributed by atoms with Gasteiger partial charge in [0.05, 0.1) is 26.3 Å². The van der Waals surface area contributed by atoms with Crippen LogP contribution >= 0.6 is 12.4 Å². The molecule has 0 aliphatic rings. The fraction of sp³-hybridized carbons (Fsp3) is 0.833. The van der Waals surface area contributed by atoms with Gasteiger partial charge >= 0.3 is 0 Å². The molecule has 6 nitrogen and oxygen atoms in total. The average Bonchev–Trinajstić information content (AvgIpc) is 2.37. The van der Waals surface area contributed by atoms with Crippen molar-refractivity contribution in [3.63, 3.8) is 0 Å². The molecule has 0 unspecified atom stereocenters. The van der Waals surface area contributed by atoms with Crippen LogP contribution < -0.4 is 11.5 Å². The maximum absolute atomic E-state index is 5.67. The SMILES string of the molecule is CCCOCCN=C(N)C(N)=NCCOCCC.Cl. The van der Waals surface area contributed by atoms with E-state index in [0.717, 1.165) is 26.1 Å². The van der Waals surface area contributed by atoms with Crippen molar-refractivity contribution in [2.24, 2.45) is 21.5 Å². The Morgan fingerprint density at radius 3 is 1.47 bits per heavy atom. The van der Waals surface area contributed by atoms with E-state index in [1.165, 1.54) is 0 Å². The van der Waals surface area contributed by atoms with Gasteiger partial charge in [0, 0.05) is 13.2 Å². The Hall–Kier alpha value is -0.850. The highest BCUT2D eigenvalue weighted by Crippen LogP contribution is 1.84. The van der Waals surface area contributed by atoms with Gasteiger partial charge in [-0.3, -0.25) is 9.98 Å². The lowest BCUT2D eigenvalue weighted by Crippen LogP contribution is -2.32. The van der Waals surface area contributed by atoms with Crippen LogP contribution in [-0.2, 0) is 9.47 Å². The third-order valence-electron chi connectivity index (χ3n) is 1.99. The van der Waals surface area contributed by atoms with E-state index >= 15 is 0 Å². The van der Waals surface area contributed by atoms with Crippen LogP contribution in [0.2, 0.25) is 0 Å². The molecular weight excluding hydrogens is 268 g/mol. The quantitative estimate of drug-likeness (QED) is 0.357. The zero-order valence-electron chi connectivity index (χ0n) is 11.9. The Labute approximate surface area is 122 Å². The van der Waals surface area contributed by atoms with Gasteiger partial charge in [0.15, 0.2) is 11.7 Å². The summed E-state index contributed by atoms with van der Waals surface area (Å²) in [5.41, 5.74) is 11.3. The summed E-state index contributed by atoms with van der Waals surface area (Å²) in [7, 11) is 0. The van der Waals surface area contributed by atoms with Crippen molar-refractivity contribution in [1.29, 1.82) is 0 Å². The number of hydrogen-bond donors (Lipinski definition) is 2. The molecule has 0 rings (SSSR count). The number of hydrogen-bond acceptors (Lipinski definition) is 4. The average molecular weight is 295 g/mol. The van der Waals surface area contributed by atoms with Crippen molar-refractivity contribution in [2.45, 2.75) is 26.7 Å². The number of rotatable bonds is 10. The van der Waals surface area contributed by atoms with Crippen molar-refractivity contribution in [3.05, 3.63) is 0 Å². The number of nitrogens with zero attached hydrogens (tertiary/aromatic N) is 2. The Morgan fingerprint density at radius 2 is 1.16 bits per heavy atom. The monoisotopic (exact) mass is 294 g/mol. The molecule has 4 N–H and O–H groups in total. The second-order valence-corrected chi connectivity index (χ2v) is 3.76. The van der Waals surface area contributed by atoms with Gasteiger partial charge in [-0.05, 0) is 12.8 Å². The number of amidine groups is 2. The van der Waals surface area contributed by atoms with Crippen LogP contribution in [0.3, 0.4) is 0 Å². The molecule has 114 valence electrons. The smallest absolute Gasteiger partial charge is 0.161 e. The molecular formula is C12H27ClN4O2. The van der Waals surface area contributed by atoms with E-state index in [2.05, 4.69) is 23.8 Å². The number of nitrogens with two attached hydrogens (primary N) is 2. The van der Waals surface area contributed by atoms with Crippen LogP contribution in [0.25, 0.3) is 0 Å². The van der Waals surface area contributed by atoms with Gasteiger partial charge < -0.3 is 20.9 Å². The van der Waals surface area contributed by atoms with Crippen LogP contribution in [0.15, 0.2) is 9.98 Å². The first-order chi connectivity index (χ1) is 8.72. The minimum absolute atomic E-state index is 0. The zero-order chi connectivity index (χ0) is 13.6. The Balaban J connectivity index is 0. The molecule has 0 aromatic rings. The molecule has 0 heterocycles. The van der Waals surface area contributed by atoms with E-state index < -0.39 is 0 Å². The van der Waals surface area contributed by atoms with Crippen molar-refractivity contribution < 1.29 is 9.47 Å². The van der Waals surface area contributed by atoms with Gasteiger partial charge in [0.25, 0.3) is 0 Å². The summed E-state index contributed by atoms with van der Waals surface area (Å²) in [4.78, 5) is 8.17. The molecule has 0 bridgehead atoms. The van der Waals surface area contributed by atoms with E-state index in [4.69, 9.17) is 20.9 Å². The van der Waals surface area contributed by atoms with Gasteiger partial charge in [-0.2, -0.15) is 0 Å². The highest BCUT2D eigenvalue weighted by molar-refractivity contribution is 6.39. The van der Waals surface area contributed by atoms with E-state index in [9.17, 15) is 0 Å². The maximum atomic E-state index is 5.67. The Bertz CT molecular complexity index is 234. The molecule has 7 heteroatoms. The highest BCUT2D eigenvalue weighted by atomic mass is 35.5. The summed E-state index contributed by atoms with van der Waals surface area (Å²) in [6.45, 7) is 7.74. The first kappa shape index (κ1) is 20.5. The predicted octanol–water partition coefficient (Wildman–Crippen LogP) is 0.976. The third-order valence-corrected chi connectivity index (χ3v) is 1.99. The predicted molar refractivity (Wildman–Crippen MR) is 82.4 cm³/mol. The fourth-order valence-corrected chi connectivity index (χ4v) is 1.12. The number of ether oxygens (including phenoxy) is 2. The molecule has 0 saturated heterocycles. The van der Waals surface area contributed by atoms with Crippen LogP contribution in [0.5, 0.6) is 0 Å². The molecule has 0 aliphatic heterocycles. The largest absolute Gasteiger partial charge is 0.381 e. The van der Waals surface area contributed by atoms with Crippen molar-refractivity contribution in [3.8, 4) is 0 Å². The van der Waals surface area contributed by atoms with Crippen LogP contribution in [0.1, 0.15) is 26.7 Å². The lowest BCUT2D eigenvalue weighted by Gasteiger charge is -2.03. The molecule has 0 aromatic heterocycles. The molecule has 0 aliphatic carbocycles. The van der Waals surface area contributed by atoms with E-state index in [1.54, 1.807) is 0 Å². The summed E-state index contributed by atoms with van der Waals surface area (Å²) >= 11 is 0. The fourth-order valence-electron chi connectivity index (χ4n) is 1.12. The molecule has 0 saturated carbocycles. The third kappa shape index (κ3) is 13.4. The van der Waals surface area contributed by atoms with Gasteiger partial charge in [0.1, 0.15) is 0 Å². The lowest BCUT2D eigenvalue weighted by atomic mass is 10.5. The van der Waals surface area contributed by atoms with E-state index in [0.29, 0.717) is 26.3 Å². The van der Waals surface area contributed by atoms with Crippen molar-refractivity contribution >= 4 is 24.1 Å². The van der Waals surface area contributed by atoms with Gasteiger partial charge in [-0.25, -0.2) is 0 Å². The minimum Gasteiger partial charge on any atom is -0.381 e. The topological polar surface area (TPSA) is 95.2 Å². The van der Waals surface area contributed by atoms with Gasteiger partial charge in [-0.1, -0.05) is 13.8 Å². The Morgan fingerprint density at radius 1 is 0.789 bits per heavy atom. The van der Waals surface area contributed by atoms with Crippen LogP contribution in [0, 0.1) is 0 Å². The standard InChI is InChI=1S/C12H26N4O2.ClH/c1-3-7-17-9-5-15-11(13)12(14)16-6-10-18-8-4-2;/h3-10H2,1-2H3,(H2,13,15)(H2,14,16);1H. The molecule has 0 spiro atoms.